The van der Waals surface area contributed by atoms with Crippen LogP contribution >= 0.6 is 12.2 Å². The number of terminal acetylenes is 1. The van der Waals surface area contributed by atoms with E-state index in [1.165, 1.54) is 4.90 Å². The highest BCUT2D eigenvalue weighted by atomic mass is 32.1. The predicted molar refractivity (Wildman–Crippen MR) is 114 cm³/mol. The molecule has 3 rings (SSSR count). The summed E-state index contributed by atoms with van der Waals surface area (Å²) < 4.78 is 11.2. The largest absolute Gasteiger partial charge is 0.490 e. The highest BCUT2D eigenvalue weighted by Crippen LogP contribution is 2.32. The molecule has 5 nitrogen and oxygen atoms in total. The second kappa shape index (κ2) is 8.59. The number of para-hydroxylation sites is 1. The zero-order valence-corrected chi connectivity index (χ0v) is 16.5. The van der Waals surface area contributed by atoms with E-state index in [1.54, 1.807) is 24.1 Å². The van der Waals surface area contributed by atoms with E-state index in [1.807, 2.05) is 49.4 Å². The van der Waals surface area contributed by atoms with Crippen LogP contribution in [0.15, 0.2) is 54.2 Å². The monoisotopic (exact) mass is 392 g/mol. The van der Waals surface area contributed by atoms with Crippen LogP contribution < -0.4 is 14.4 Å². The molecule has 0 atom stereocenters. The first-order chi connectivity index (χ1) is 13.6. The number of hydrogen-bond donors (Lipinski definition) is 0. The maximum absolute atomic E-state index is 13.0. The van der Waals surface area contributed by atoms with E-state index in [0.29, 0.717) is 28.9 Å². The van der Waals surface area contributed by atoms with Crippen molar-refractivity contribution >= 4 is 35.0 Å². The Bertz CT molecular complexity index is 963. The molecule has 28 heavy (non-hydrogen) atoms. The van der Waals surface area contributed by atoms with E-state index in [4.69, 9.17) is 28.1 Å². The van der Waals surface area contributed by atoms with E-state index < -0.39 is 0 Å². The standard InChI is InChI=1S/C22H20N2O3S/c1-4-13-27-19-12-11-16(15-20(19)26-5-2)14-18-21(25)24(22(28)23(18)3)17-9-7-6-8-10-17/h1,6-12,14-15H,5,13H2,2-3H3. The van der Waals surface area contributed by atoms with Crippen molar-refractivity contribution < 1.29 is 14.3 Å². The number of hydrogen-bond acceptors (Lipinski definition) is 4. The summed E-state index contributed by atoms with van der Waals surface area (Å²) in [6.07, 6.45) is 7.04. The third-order valence-electron chi connectivity index (χ3n) is 4.16. The highest BCUT2D eigenvalue weighted by Gasteiger charge is 2.36. The zero-order chi connectivity index (χ0) is 20.1. The molecule has 0 bridgehead atoms. The molecule has 1 saturated heterocycles. The second-order valence-corrected chi connectivity index (χ2v) is 6.34. The molecule has 0 saturated carbocycles. The van der Waals surface area contributed by atoms with Crippen molar-refractivity contribution in [2.75, 3.05) is 25.2 Å². The van der Waals surface area contributed by atoms with Crippen LogP contribution in [-0.2, 0) is 4.79 Å². The molecular formula is C22H20N2O3S. The Morgan fingerprint density at radius 2 is 1.89 bits per heavy atom. The number of thiocarbonyl (C=S) groups is 1. The van der Waals surface area contributed by atoms with Gasteiger partial charge < -0.3 is 14.4 Å². The first-order valence-corrected chi connectivity index (χ1v) is 9.19. The lowest BCUT2D eigenvalue weighted by molar-refractivity contribution is -0.114. The van der Waals surface area contributed by atoms with Crippen molar-refractivity contribution in [3.05, 3.63) is 59.8 Å². The van der Waals surface area contributed by atoms with Crippen LogP contribution in [0.25, 0.3) is 6.08 Å². The summed E-state index contributed by atoms with van der Waals surface area (Å²) in [7, 11) is 1.78. The first kappa shape index (κ1) is 19.5. The number of anilines is 1. The van der Waals surface area contributed by atoms with Gasteiger partial charge in [-0.1, -0.05) is 30.2 Å². The summed E-state index contributed by atoms with van der Waals surface area (Å²) in [5, 5.41) is 0.432. The van der Waals surface area contributed by atoms with Gasteiger partial charge >= 0.3 is 0 Å². The molecule has 0 aliphatic carbocycles. The van der Waals surface area contributed by atoms with Crippen LogP contribution in [0.4, 0.5) is 5.69 Å². The van der Waals surface area contributed by atoms with Crippen LogP contribution in [0.3, 0.4) is 0 Å². The number of benzene rings is 2. The molecule has 0 N–H and O–H groups in total. The highest BCUT2D eigenvalue weighted by molar-refractivity contribution is 7.80. The fourth-order valence-corrected chi connectivity index (χ4v) is 3.13. The molecule has 0 radical (unpaired) electrons. The fourth-order valence-electron chi connectivity index (χ4n) is 2.84. The summed E-state index contributed by atoms with van der Waals surface area (Å²) in [4.78, 5) is 16.2. The summed E-state index contributed by atoms with van der Waals surface area (Å²) in [5.41, 5.74) is 2.01. The minimum absolute atomic E-state index is 0.155. The van der Waals surface area contributed by atoms with Crippen LogP contribution in [0.2, 0.25) is 0 Å². The van der Waals surface area contributed by atoms with Gasteiger partial charge in [0, 0.05) is 7.05 Å². The van der Waals surface area contributed by atoms with Gasteiger partial charge in [-0.15, -0.1) is 6.42 Å². The van der Waals surface area contributed by atoms with Crippen molar-refractivity contribution in [3.63, 3.8) is 0 Å². The van der Waals surface area contributed by atoms with Crippen molar-refractivity contribution in [1.82, 2.24) is 4.90 Å². The van der Waals surface area contributed by atoms with E-state index in [2.05, 4.69) is 5.92 Å². The molecule has 1 heterocycles. The molecule has 142 valence electrons. The van der Waals surface area contributed by atoms with E-state index in [0.717, 1.165) is 11.3 Å². The maximum Gasteiger partial charge on any atom is 0.281 e. The summed E-state index contributed by atoms with van der Waals surface area (Å²) >= 11 is 5.48. The summed E-state index contributed by atoms with van der Waals surface area (Å²) in [5.74, 6) is 3.39. The van der Waals surface area contributed by atoms with Gasteiger partial charge in [0.25, 0.3) is 5.91 Å². The summed E-state index contributed by atoms with van der Waals surface area (Å²) in [6, 6.07) is 14.8. The fraction of sp³-hybridized carbons (Fsp3) is 0.182. The van der Waals surface area contributed by atoms with Crippen molar-refractivity contribution in [3.8, 4) is 23.8 Å². The normalized spacial score (nSPS) is 15.1. The topological polar surface area (TPSA) is 42.0 Å². The lowest BCUT2D eigenvalue weighted by Gasteiger charge is -2.16. The van der Waals surface area contributed by atoms with Gasteiger partial charge in [-0.05, 0) is 55.0 Å². The molecule has 6 heteroatoms. The van der Waals surface area contributed by atoms with Crippen LogP contribution in [0.1, 0.15) is 12.5 Å². The molecule has 1 aliphatic rings. The molecule has 1 amide bonds. The van der Waals surface area contributed by atoms with Gasteiger partial charge in [-0.25, -0.2) is 0 Å². The van der Waals surface area contributed by atoms with Gasteiger partial charge in [0.05, 0.1) is 12.3 Å². The average molecular weight is 392 g/mol. The van der Waals surface area contributed by atoms with Gasteiger partial charge in [0.1, 0.15) is 12.3 Å². The average Bonchev–Trinajstić information content (AvgIpc) is 2.91. The van der Waals surface area contributed by atoms with Crippen molar-refractivity contribution in [2.45, 2.75) is 6.92 Å². The number of amides is 1. The Kier molecular flexibility index (Phi) is 5.97. The minimum Gasteiger partial charge on any atom is -0.490 e. The maximum atomic E-state index is 13.0. The molecule has 1 fully saturated rings. The van der Waals surface area contributed by atoms with Gasteiger partial charge in [-0.3, -0.25) is 9.69 Å². The van der Waals surface area contributed by atoms with Gasteiger partial charge in [-0.2, -0.15) is 0 Å². The number of carbonyl (C=O) groups is 1. The number of nitrogens with zero attached hydrogens (tertiary/aromatic N) is 2. The van der Waals surface area contributed by atoms with Crippen LogP contribution in [0, 0.1) is 12.3 Å². The van der Waals surface area contributed by atoms with E-state index >= 15 is 0 Å². The lowest BCUT2D eigenvalue weighted by atomic mass is 10.1. The van der Waals surface area contributed by atoms with E-state index in [-0.39, 0.29) is 12.5 Å². The smallest absolute Gasteiger partial charge is 0.281 e. The first-order valence-electron chi connectivity index (χ1n) is 8.78. The van der Waals surface area contributed by atoms with Crippen molar-refractivity contribution in [2.24, 2.45) is 0 Å². The van der Waals surface area contributed by atoms with Crippen LogP contribution in [-0.4, -0.2) is 36.2 Å². The van der Waals surface area contributed by atoms with Gasteiger partial charge in [0.15, 0.2) is 16.6 Å². The Hall–Kier alpha value is -3.30. The number of carbonyl (C=O) groups excluding carboxylic acids is 1. The molecule has 0 unspecified atom stereocenters. The molecule has 2 aromatic rings. The number of likely N-dealkylation sites (N-methyl/N-ethyl adjacent to an activating group) is 1. The minimum atomic E-state index is -0.177. The summed E-state index contributed by atoms with van der Waals surface area (Å²) in [6.45, 7) is 2.53. The SMILES string of the molecule is C#CCOc1ccc(C=C2C(=O)N(c3ccccc3)C(=S)N2C)cc1OCC. The quantitative estimate of drug-likeness (QED) is 0.426. The number of rotatable bonds is 6. The molecule has 1 aliphatic heterocycles. The van der Waals surface area contributed by atoms with Gasteiger partial charge in [0.2, 0.25) is 0 Å². The second-order valence-electron chi connectivity index (χ2n) is 5.98. The van der Waals surface area contributed by atoms with Crippen molar-refractivity contribution in [1.29, 1.82) is 0 Å². The van der Waals surface area contributed by atoms with Crippen LogP contribution in [0.5, 0.6) is 11.5 Å². The molecular weight excluding hydrogens is 372 g/mol. The number of ether oxygens (including phenoxy) is 2. The third-order valence-corrected chi connectivity index (χ3v) is 4.61. The predicted octanol–water partition coefficient (Wildman–Crippen LogP) is 3.70. The Balaban J connectivity index is 1.94. The lowest BCUT2D eigenvalue weighted by Crippen LogP contribution is -2.30. The third kappa shape index (κ3) is 3.85. The Labute approximate surface area is 170 Å². The molecule has 2 aromatic carbocycles. The molecule has 0 aromatic heterocycles. The molecule has 0 spiro atoms. The Morgan fingerprint density at radius 1 is 1.14 bits per heavy atom. The zero-order valence-electron chi connectivity index (χ0n) is 15.7. The Morgan fingerprint density at radius 3 is 2.57 bits per heavy atom. The van der Waals surface area contributed by atoms with E-state index in [9.17, 15) is 4.79 Å².